The Hall–Kier alpha value is -3.48. The van der Waals surface area contributed by atoms with Gasteiger partial charge in [-0.25, -0.2) is 4.98 Å². The second-order valence-corrected chi connectivity index (χ2v) is 7.21. The van der Waals surface area contributed by atoms with E-state index in [0.717, 1.165) is 41.1 Å². The molecule has 0 unspecified atom stereocenters. The number of pyridine rings is 1. The van der Waals surface area contributed by atoms with Crippen LogP contribution in [-0.2, 0) is 37.0 Å². The summed E-state index contributed by atoms with van der Waals surface area (Å²) in [5, 5.41) is 4.96. The van der Waals surface area contributed by atoms with E-state index < -0.39 is 0 Å². The van der Waals surface area contributed by atoms with Crippen molar-refractivity contribution in [3.63, 3.8) is 0 Å². The predicted molar refractivity (Wildman–Crippen MR) is 105 cm³/mol. The summed E-state index contributed by atoms with van der Waals surface area (Å²) < 4.78 is 11.2. The number of oxazole rings is 1. The summed E-state index contributed by atoms with van der Waals surface area (Å²) in [7, 11) is 0. The summed E-state index contributed by atoms with van der Waals surface area (Å²) in [4.78, 5) is 23.4. The van der Waals surface area contributed by atoms with Gasteiger partial charge in [0, 0.05) is 37.2 Å². The lowest BCUT2D eigenvalue weighted by molar-refractivity contribution is -0.131. The number of carbonyl (C=O) groups excluding carboxylic acids is 1. The highest BCUT2D eigenvalue weighted by Crippen LogP contribution is 2.23. The van der Waals surface area contributed by atoms with Gasteiger partial charge in [-0.3, -0.25) is 9.78 Å². The zero-order chi connectivity index (χ0) is 19.6. The number of rotatable bonds is 5. The van der Waals surface area contributed by atoms with Crippen LogP contribution in [0.4, 0.5) is 0 Å². The van der Waals surface area contributed by atoms with E-state index in [1.165, 1.54) is 0 Å². The third kappa shape index (κ3) is 3.63. The van der Waals surface area contributed by atoms with Crippen LogP contribution in [0.5, 0.6) is 0 Å². The van der Waals surface area contributed by atoms with Crippen molar-refractivity contribution in [2.45, 2.75) is 32.2 Å². The van der Waals surface area contributed by atoms with Gasteiger partial charge in [0.25, 0.3) is 0 Å². The van der Waals surface area contributed by atoms with Crippen molar-refractivity contribution < 1.29 is 13.7 Å². The van der Waals surface area contributed by atoms with E-state index in [1.54, 1.807) is 6.20 Å². The molecule has 0 aliphatic carbocycles. The number of aryl methyl sites for hydroxylation is 2. The minimum atomic E-state index is 0.0228. The van der Waals surface area contributed by atoms with Gasteiger partial charge in [-0.05, 0) is 30.2 Å². The van der Waals surface area contributed by atoms with Crippen LogP contribution in [0.15, 0.2) is 57.7 Å². The number of nitrogens with zero attached hydrogens (tertiary/aromatic N) is 4. The molecule has 7 heteroatoms. The van der Waals surface area contributed by atoms with Crippen LogP contribution in [0.2, 0.25) is 0 Å². The quantitative estimate of drug-likeness (QED) is 0.522. The van der Waals surface area contributed by atoms with Gasteiger partial charge < -0.3 is 13.8 Å². The number of hydrogen-bond acceptors (Lipinski definition) is 6. The highest BCUT2D eigenvalue weighted by molar-refractivity contribution is 5.86. The third-order valence-corrected chi connectivity index (χ3v) is 5.25. The molecule has 0 bridgehead atoms. The van der Waals surface area contributed by atoms with Crippen LogP contribution < -0.4 is 0 Å². The van der Waals surface area contributed by atoms with Crippen LogP contribution in [0.1, 0.15) is 28.6 Å². The summed E-state index contributed by atoms with van der Waals surface area (Å²) in [6, 6.07) is 11.6. The summed E-state index contributed by atoms with van der Waals surface area (Å²) in [6.45, 7) is 1.10. The van der Waals surface area contributed by atoms with E-state index in [2.05, 4.69) is 15.1 Å². The standard InChI is InChI=1S/C22H20N4O3/c27-22(12-17-16-5-1-2-6-19(16)29-25-17)26-11-9-20-18(14-26)24-21(28-20)8-7-15-4-3-10-23-13-15/h1-6,10,13H,7-9,11-12,14H2. The lowest BCUT2D eigenvalue weighted by atomic mass is 10.1. The smallest absolute Gasteiger partial charge is 0.229 e. The molecule has 1 aromatic carbocycles. The number of carbonyl (C=O) groups is 1. The average molecular weight is 388 g/mol. The first-order chi connectivity index (χ1) is 14.3. The molecule has 0 spiro atoms. The molecule has 3 aromatic heterocycles. The first-order valence-electron chi connectivity index (χ1n) is 9.74. The molecule has 1 aliphatic rings. The molecule has 1 amide bonds. The van der Waals surface area contributed by atoms with E-state index in [-0.39, 0.29) is 12.3 Å². The fraction of sp³-hybridized carbons (Fsp3) is 0.273. The highest BCUT2D eigenvalue weighted by atomic mass is 16.5. The summed E-state index contributed by atoms with van der Waals surface area (Å²) in [5.74, 6) is 1.63. The predicted octanol–water partition coefficient (Wildman–Crippen LogP) is 3.12. The van der Waals surface area contributed by atoms with Crippen LogP contribution >= 0.6 is 0 Å². The minimum Gasteiger partial charge on any atom is -0.445 e. The molecule has 0 atom stereocenters. The fourth-order valence-corrected chi connectivity index (χ4v) is 3.69. The monoisotopic (exact) mass is 388 g/mol. The second kappa shape index (κ2) is 7.50. The third-order valence-electron chi connectivity index (χ3n) is 5.25. The number of benzene rings is 1. The summed E-state index contributed by atoms with van der Waals surface area (Å²) in [5.41, 5.74) is 3.39. The maximum atomic E-state index is 12.8. The molecular weight excluding hydrogens is 368 g/mol. The number of fused-ring (bicyclic) bond motifs is 2. The molecule has 0 N–H and O–H groups in total. The molecular formula is C22H20N4O3. The molecule has 29 heavy (non-hydrogen) atoms. The Morgan fingerprint density at radius 2 is 2.07 bits per heavy atom. The van der Waals surface area contributed by atoms with Crippen molar-refractivity contribution in [3.8, 4) is 0 Å². The van der Waals surface area contributed by atoms with Gasteiger partial charge in [-0.1, -0.05) is 23.4 Å². The maximum Gasteiger partial charge on any atom is 0.229 e. The molecule has 5 rings (SSSR count). The normalized spacial score (nSPS) is 13.6. The Kier molecular flexibility index (Phi) is 4.56. The number of hydrogen-bond donors (Lipinski definition) is 0. The minimum absolute atomic E-state index is 0.0228. The summed E-state index contributed by atoms with van der Waals surface area (Å²) in [6.07, 6.45) is 6.07. The molecule has 4 aromatic rings. The molecule has 1 aliphatic heterocycles. The molecule has 0 radical (unpaired) electrons. The van der Waals surface area contributed by atoms with Gasteiger partial charge in [-0.15, -0.1) is 0 Å². The van der Waals surface area contributed by atoms with Gasteiger partial charge in [0.1, 0.15) is 17.1 Å². The van der Waals surface area contributed by atoms with E-state index in [9.17, 15) is 4.79 Å². The summed E-state index contributed by atoms with van der Waals surface area (Å²) >= 11 is 0. The zero-order valence-corrected chi connectivity index (χ0v) is 15.9. The van der Waals surface area contributed by atoms with Gasteiger partial charge in [0.05, 0.1) is 13.0 Å². The Bertz CT molecular complexity index is 1150. The van der Waals surface area contributed by atoms with Crippen LogP contribution in [0.25, 0.3) is 11.0 Å². The van der Waals surface area contributed by atoms with Gasteiger partial charge in [0.15, 0.2) is 11.5 Å². The van der Waals surface area contributed by atoms with Crippen molar-refractivity contribution in [2.24, 2.45) is 0 Å². The van der Waals surface area contributed by atoms with Gasteiger partial charge >= 0.3 is 0 Å². The van der Waals surface area contributed by atoms with Crippen molar-refractivity contribution in [3.05, 3.63) is 77.4 Å². The Balaban J connectivity index is 1.24. The Labute approximate surface area is 167 Å². The van der Waals surface area contributed by atoms with Crippen molar-refractivity contribution in [1.82, 2.24) is 20.0 Å². The van der Waals surface area contributed by atoms with Gasteiger partial charge in [0.2, 0.25) is 5.91 Å². The molecule has 0 saturated heterocycles. The Morgan fingerprint density at radius 1 is 1.14 bits per heavy atom. The number of para-hydroxylation sites is 1. The molecule has 0 fully saturated rings. The van der Waals surface area contributed by atoms with Crippen LogP contribution in [-0.4, -0.2) is 32.5 Å². The number of aromatic nitrogens is 3. The van der Waals surface area contributed by atoms with E-state index in [4.69, 9.17) is 8.94 Å². The Morgan fingerprint density at radius 3 is 2.97 bits per heavy atom. The van der Waals surface area contributed by atoms with E-state index in [0.29, 0.717) is 30.8 Å². The second-order valence-electron chi connectivity index (χ2n) is 7.21. The fourth-order valence-electron chi connectivity index (χ4n) is 3.69. The van der Waals surface area contributed by atoms with Crippen LogP contribution in [0.3, 0.4) is 0 Å². The first kappa shape index (κ1) is 17.6. The maximum absolute atomic E-state index is 12.8. The van der Waals surface area contributed by atoms with Crippen molar-refractivity contribution >= 4 is 16.9 Å². The van der Waals surface area contributed by atoms with Gasteiger partial charge in [-0.2, -0.15) is 0 Å². The average Bonchev–Trinajstić information content (AvgIpc) is 3.36. The molecule has 0 saturated carbocycles. The molecule has 7 nitrogen and oxygen atoms in total. The van der Waals surface area contributed by atoms with E-state index >= 15 is 0 Å². The topological polar surface area (TPSA) is 85.3 Å². The van der Waals surface area contributed by atoms with Crippen molar-refractivity contribution in [1.29, 1.82) is 0 Å². The lowest BCUT2D eigenvalue weighted by Gasteiger charge is -2.25. The largest absolute Gasteiger partial charge is 0.445 e. The molecule has 146 valence electrons. The van der Waals surface area contributed by atoms with E-state index in [1.807, 2.05) is 47.5 Å². The highest BCUT2D eigenvalue weighted by Gasteiger charge is 2.26. The molecule has 4 heterocycles. The number of amides is 1. The SMILES string of the molecule is O=C(Cc1noc2ccccc12)N1CCc2oc(CCc3cccnc3)nc2C1. The van der Waals surface area contributed by atoms with Crippen LogP contribution in [0, 0.1) is 0 Å². The zero-order valence-electron chi connectivity index (χ0n) is 15.9. The lowest BCUT2D eigenvalue weighted by Crippen LogP contribution is -2.36. The first-order valence-corrected chi connectivity index (χ1v) is 9.74. The van der Waals surface area contributed by atoms with Crippen molar-refractivity contribution in [2.75, 3.05) is 6.54 Å².